The molecule has 0 amide bonds. The molecule has 1 aliphatic heterocycles. The number of nitrogens with one attached hydrogen (secondary N) is 1. The summed E-state index contributed by atoms with van der Waals surface area (Å²) in [5, 5.41) is 0. The molecule has 0 unspecified atom stereocenters. The average molecular weight is 375 g/mol. The van der Waals surface area contributed by atoms with Gasteiger partial charge in [-0.2, -0.15) is 0 Å². The first-order valence-electron chi connectivity index (χ1n) is 8.89. The third-order valence-corrected chi connectivity index (χ3v) is 6.40. The lowest BCUT2D eigenvalue weighted by Crippen LogP contribution is -2.24. The molecule has 1 heterocycles. The summed E-state index contributed by atoms with van der Waals surface area (Å²) in [5.74, 6) is 0.693. The van der Waals surface area contributed by atoms with Crippen molar-refractivity contribution in [3.05, 3.63) is 53.1 Å². The minimum atomic E-state index is -3.58. The number of rotatable bonds is 6. The van der Waals surface area contributed by atoms with Crippen LogP contribution in [0, 0.1) is 13.8 Å². The first-order valence-corrected chi connectivity index (χ1v) is 10.4. The first-order chi connectivity index (χ1) is 12.4. The lowest BCUT2D eigenvalue weighted by Gasteiger charge is -2.18. The standard InChI is InChI=1S/C20H26N2O3S/c1-15-13-20(16(2)12-19(15)25-3)26(23,24)21-14-17-6-8-18(9-7-17)22-10-4-5-11-22/h6-9,12-13,21H,4-5,10-11,14H2,1-3H3. The van der Waals surface area contributed by atoms with Crippen LogP contribution in [0.25, 0.3) is 0 Å². The van der Waals surface area contributed by atoms with Crippen molar-refractivity contribution in [1.29, 1.82) is 0 Å². The average Bonchev–Trinajstić information content (AvgIpc) is 3.16. The van der Waals surface area contributed by atoms with Gasteiger partial charge in [0.05, 0.1) is 12.0 Å². The van der Waals surface area contributed by atoms with Gasteiger partial charge >= 0.3 is 0 Å². The van der Waals surface area contributed by atoms with Crippen molar-refractivity contribution in [2.75, 3.05) is 25.1 Å². The van der Waals surface area contributed by atoms with Gasteiger partial charge < -0.3 is 9.64 Å². The highest BCUT2D eigenvalue weighted by molar-refractivity contribution is 7.89. The monoisotopic (exact) mass is 374 g/mol. The molecule has 0 atom stereocenters. The fourth-order valence-corrected chi connectivity index (χ4v) is 4.66. The van der Waals surface area contributed by atoms with Crippen LogP contribution < -0.4 is 14.4 Å². The molecule has 6 heteroatoms. The Bertz CT molecular complexity index is 871. The number of methoxy groups -OCH3 is 1. The van der Waals surface area contributed by atoms with Gasteiger partial charge in [0.2, 0.25) is 10.0 Å². The van der Waals surface area contributed by atoms with Gasteiger partial charge in [-0.1, -0.05) is 12.1 Å². The Morgan fingerprint density at radius 3 is 2.31 bits per heavy atom. The number of hydrogen-bond donors (Lipinski definition) is 1. The zero-order valence-corrected chi connectivity index (χ0v) is 16.4. The lowest BCUT2D eigenvalue weighted by atomic mass is 10.1. The topological polar surface area (TPSA) is 58.6 Å². The van der Waals surface area contributed by atoms with Gasteiger partial charge in [-0.05, 0) is 67.6 Å². The molecule has 1 saturated heterocycles. The van der Waals surface area contributed by atoms with Crippen LogP contribution in [0.3, 0.4) is 0 Å². The van der Waals surface area contributed by atoms with Crippen LogP contribution in [-0.4, -0.2) is 28.6 Å². The number of hydrogen-bond acceptors (Lipinski definition) is 4. The lowest BCUT2D eigenvalue weighted by molar-refractivity contribution is 0.411. The van der Waals surface area contributed by atoms with Gasteiger partial charge in [0.25, 0.3) is 0 Å². The van der Waals surface area contributed by atoms with E-state index in [1.165, 1.54) is 18.5 Å². The zero-order valence-electron chi connectivity index (χ0n) is 15.6. The van der Waals surface area contributed by atoms with E-state index in [2.05, 4.69) is 21.8 Å². The molecule has 0 spiro atoms. The largest absolute Gasteiger partial charge is 0.496 e. The van der Waals surface area contributed by atoms with Crippen LogP contribution in [0.1, 0.15) is 29.5 Å². The Hall–Kier alpha value is -2.05. The molecule has 1 fully saturated rings. The van der Waals surface area contributed by atoms with Gasteiger partial charge in [0.15, 0.2) is 0 Å². The minimum absolute atomic E-state index is 0.271. The van der Waals surface area contributed by atoms with Crippen LogP contribution in [0.2, 0.25) is 0 Å². The van der Waals surface area contributed by atoms with Crippen LogP contribution in [-0.2, 0) is 16.6 Å². The van der Waals surface area contributed by atoms with Crippen molar-refractivity contribution in [2.24, 2.45) is 0 Å². The molecule has 1 N–H and O–H groups in total. The summed E-state index contributed by atoms with van der Waals surface area (Å²) < 4.78 is 33.3. The van der Waals surface area contributed by atoms with E-state index < -0.39 is 10.0 Å². The third-order valence-electron chi connectivity index (χ3n) is 4.86. The maximum absolute atomic E-state index is 12.7. The zero-order chi connectivity index (χ0) is 18.7. The second kappa shape index (κ2) is 7.68. The molecule has 2 aromatic rings. The molecule has 0 saturated carbocycles. The molecule has 0 bridgehead atoms. The normalized spacial score (nSPS) is 14.7. The smallest absolute Gasteiger partial charge is 0.241 e. The molecule has 140 valence electrons. The number of ether oxygens (including phenoxy) is 1. The number of aryl methyl sites for hydroxylation is 2. The van der Waals surface area contributed by atoms with E-state index in [1.54, 1.807) is 26.2 Å². The second-order valence-electron chi connectivity index (χ2n) is 6.77. The highest BCUT2D eigenvalue weighted by atomic mass is 32.2. The minimum Gasteiger partial charge on any atom is -0.496 e. The van der Waals surface area contributed by atoms with Crippen molar-refractivity contribution >= 4 is 15.7 Å². The molecule has 1 aliphatic rings. The fourth-order valence-electron chi connectivity index (χ4n) is 3.33. The summed E-state index contributed by atoms with van der Waals surface area (Å²) in [4.78, 5) is 2.65. The van der Waals surface area contributed by atoms with E-state index in [0.717, 1.165) is 24.2 Å². The number of sulfonamides is 1. The van der Waals surface area contributed by atoms with E-state index in [4.69, 9.17) is 4.74 Å². The number of benzene rings is 2. The van der Waals surface area contributed by atoms with E-state index >= 15 is 0 Å². The van der Waals surface area contributed by atoms with Gasteiger partial charge in [-0.3, -0.25) is 0 Å². The van der Waals surface area contributed by atoms with Crippen LogP contribution in [0.15, 0.2) is 41.3 Å². The highest BCUT2D eigenvalue weighted by Gasteiger charge is 2.19. The van der Waals surface area contributed by atoms with Crippen molar-refractivity contribution in [3.63, 3.8) is 0 Å². The molecule has 2 aromatic carbocycles. The van der Waals surface area contributed by atoms with Gasteiger partial charge in [-0.25, -0.2) is 13.1 Å². The molecular formula is C20H26N2O3S. The van der Waals surface area contributed by atoms with Gasteiger partial charge in [0.1, 0.15) is 5.75 Å². The first kappa shape index (κ1) is 18.7. The summed E-state index contributed by atoms with van der Waals surface area (Å²) in [6.07, 6.45) is 2.48. The summed E-state index contributed by atoms with van der Waals surface area (Å²) >= 11 is 0. The van der Waals surface area contributed by atoms with Crippen molar-refractivity contribution in [2.45, 2.75) is 38.1 Å². The molecule has 0 aromatic heterocycles. The Labute approximate surface area is 156 Å². The maximum atomic E-state index is 12.7. The summed E-state index contributed by atoms with van der Waals surface area (Å²) in [7, 11) is -2.00. The molecule has 3 rings (SSSR count). The predicted octanol–water partition coefficient (Wildman–Crippen LogP) is 3.39. The third kappa shape index (κ3) is 4.02. The quantitative estimate of drug-likeness (QED) is 0.842. The maximum Gasteiger partial charge on any atom is 0.241 e. The Balaban J connectivity index is 1.71. The highest BCUT2D eigenvalue weighted by Crippen LogP contribution is 2.26. The SMILES string of the molecule is COc1cc(C)c(S(=O)(=O)NCc2ccc(N3CCCC3)cc2)cc1C. The van der Waals surface area contributed by atoms with Crippen molar-refractivity contribution in [3.8, 4) is 5.75 Å². The van der Waals surface area contributed by atoms with E-state index in [1.807, 2.05) is 19.1 Å². The van der Waals surface area contributed by atoms with Crippen LogP contribution in [0.4, 0.5) is 5.69 Å². The predicted molar refractivity (Wildman–Crippen MR) is 104 cm³/mol. The molecular weight excluding hydrogens is 348 g/mol. The molecule has 0 radical (unpaired) electrons. The second-order valence-corrected chi connectivity index (χ2v) is 8.51. The number of anilines is 1. The number of nitrogens with zero attached hydrogens (tertiary/aromatic N) is 1. The van der Waals surface area contributed by atoms with Crippen molar-refractivity contribution in [1.82, 2.24) is 4.72 Å². The Morgan fingerprint density at radius 2 is 1.69 bits per heavy atom. The van der Waals surface area contributed by atoms with Crippen LogP contribution >= 0.6 is 0 Å². The fraction of sp³-hybridized carbons (Fsp3) is 0.400. The van der Waals surface area contributed by atoms with E-state index in [0.29, 0.717) is 16.2 Å². The molecule has 0 aliphatic carbocycles. The van der Waals surface area contributed by atoms with Crippen molar-refractivity contribution < 1.29 is 13.2 Å². The summed E-state index contributed by atoms with van der Waals surface area (Å²) in [5.41, 5.74) is 3.62. The van der Waals surface area contributed by atoms with E-state index in [-0.39, 0.29) is 6.54 Å². The Morgan fingerprint density at radius 1 is 1.04 bits per heavy atom. The summed E-state index contributed by atoms with van der Waals surface area (Å²) in [6, 6.07) is 11.5. The molecule has 26 heavy (non-hydrogen) atoms. The van der Waals surface area contributed by atoms with Gasteiger partial charge in [-0.15, -0.1) is 0 Å². The van der Waals surface area contributed by atoms with E-state index in [9.17, 15) is 8.42 Å². The van der Waals surface area contributed by atoms with Gasteiger partial charge in [0, 0.05) is 25.3 Å². The summed E-state index contributed by atoms with van der Waals surface area (Å²) in [6.45, 7) is 6.09. The molecule has 5 nitrogen and oxygen atoms in total. The van der Waals surface area contributed by atoms with Crippen LogP contribution in [0.5, 0.6) is 5.75 Å². The Kier molecular flexibility index (Phi) is 5.53.